The van der Waals surface area contributed by atoms with Crippen LogP contribution in [0.5, 0.6) is 0 Å². The third kappa shape index (κ3) is 3.71. The zero-order valence-electron chi connectivity index (χ0n) is 16.7. The summed E-state index contributed by atoms with van der Waals surface area (Å²) < 4.78 is 20.5. The van der Waals surface area contributed by atoms with Gasteiger partial charge in [-0.1, -0.05) is 11.8 Å². The molecule has 0 unspecified atom stereocenters. The minimum atomic E-state index is -1.15. The normalized spacial score (nSPS) is 26.6. The molecular weight excluding hydrogens is 401 g/mol. The van der Waals surface area contributed by atoms with Crippen molar-refractivity contribution in [3.8, 4) is 0 Å². The number of carbonyl (C=O) groups is 1. The lowest BCUT2D eigenvalue weighted by Gasteiger charge is -2.42. The van der Waals surface area contributed by atoms with Gasteiger partial charge >= 0.3 is 6.09 Å². The molecule has 1 amide bonds. The SMILES string of the molecule is CO[C@@H]1CC[C@@]2(c3cc([N+](=O)[O-])ccc3F)N=C(N(C(=O)O)C(C)(C)C)SC[C@H]12. The van der Waals surface area contributed by atoms with Crippen molar-refractivity contribution < 1.29 is 24.0 Å². The van der Waals surface area contributed by atoms with Crippen LogP contribution in [0.25, 0.3) is 0 Å². The Kier molecular flexibility index (Phi) is 5.61. The molecule has 2 aliphatic rings. The molecule has 1 aliphatic carbocycles. The number of aliphatic imine (C=N–C) groups is 1. The van der Waals surface area contributed by atoms with Crippen molar-refractivity contribution in [1.29, 1.82) is 0 Å². The molecule has 1 aromatic rings. The van der Waals surface area contributed by atoms with E-state index in [1.807, 2.05) is 0 Å². The van der Waals surface area contributed by atoms with Crippen LogP contribution in [0.4, 0.5) is 14.9 Å². The van der Waals surface area contributed by atoms with Gasteiger partial charge in [0, 0.05) is 42.0 Å². The summed E-state index contributed by atoms with van der Waals surface area (Å²) >= 11 is 1.29. The number of methoxy groups -OCH3 is 1. The van der Waals surface area contributed by atoms with E-state index in [0.717, 1.165) is 12.1 Å². The smallest absolute Gasteiger partial charge is 0.413 e. The number of rotatable bonds is 3. The summed E-state index contributed by atoms with van der Waals surface area (Å²) in [6, 6.07) is 3.42. The fraction of sp³-hybridized carbons (Fsp3) is 0.579. The van der Waals surface area contributed by atoms with Crippen LogP contribution in [0.2, 0.25) is 0 Å². The molecule has 1 heterocycles. The van der Waals surface area contributed by atoms with Gasteiger partial charge in [0.1, 0.15) is 5.82 Å². The Balaban J connectivity index is 2.22. The van der Waals surface area contributed by atoms with E-state index in [2.05, 4.69) is 0 Å². The van der Waals surface area contributed by atoms with E-state index in [-0.39, 0.29) is 28.4 Å². The first-order chi connectivity index (χ1) is 13.5. The minimum absolute atomic E-state index is 0.119. The van der Waals surface area contributed by atoms with E-state index in [9.17, 15) is 24.4 Å². The van der Waals surface area contributed by atoms with E-state index >= 15 is 0 Å². The average molecular weight is 425 g/mol. The van der Waals surface area contributed by atoms with E-state index in [4.69, 9.17) is 9.73 Å². The van der Waals surface area contributed by atoms with Gasteiger partial charge in [-0.3, -0.25) is 15.0 Å². The Morgan fingerprint density at radius 2 is 2.17 bits per heavy atom. The molecule has 158 valence electrons. The first-order valence-corrected chi connectivity index (χ1v) is 10.2. The third-order valence-corrected chi connectivity index (χ3v) is 6.60. The second-order valence-electron chi connectivity index (χ2n) is 8.26. The highest BCUT2D eigenvalue weighted by Gasteiger charge is 2.54. The van der Waals surface area contributed by atoms with Gasteiger partial charge < -0.3 is 9.84 Å². The molecule has 0 saturated heterocycles. The van der Waals surface area contributed by atoms with E-state index in [0.29, 0.717) is 18.6 Å². The zero-order chi connectivity index (χ0) is 21.6. The minimum Gasteiger partial charge on any atom is -0.465 e. The molecular formula is C19H24FN3O5S. The molecule has 10 heteroatoms. The highest BCUT2D eigenvalue weighted by atomic mass is 32.2. The van der Waals surface area contributed by atoms with Crippen molar-refractivity contribution in [3.05, 3.63) is 39.7 Å². The number of carboxylic acid groups (broad SMARTS) is 1. The average Bonchev–Trinajstić information content (AvgIpc) is 2.99. The molecule has 3 atom stereocenters. The van der Waals surface area contributed by atoms with Gasteiger partial charge in [0.2, 0.25) is 0 Å². The van der Waals surface area contributed by atoms with Gasteiger partial charge in [0.15, 0.2) is 5.17 Å². The largest absolute Gasteiger partial charge is 0.465 e. The summed E-state index contributed by atoms with van der Waals surface area (Å²) in [4.78, 5) is 28.6. The molecule has 29 heavy (non-hydrogen) atoms. The number of amidine groups is 1. The Morgan fingerprint density at radius 1 is 1.48 bits per heavy atom. The molecule has 1 fully saturated rings. The first kappa shape index (κ1) is 21.5. The van der Waals surface area contributed by atoms with Crippen molar-refractivity contribution in [1.82, 2.24) is 4.90 Å². The number of nitrogens with zero attached hydrogens (tertiary/aromatic N) is 3. The van der Waals surface area contributed by atoms with E-state index in [1.54, 1.807) is 27.9 Å². The summed E-state index contributed by atoms with van der Waals surface area (Å²) in [6.07, 6.45) is -0.336. The predicted octanol–water partition coefficient (Wildman–Crippen LogP) is 4.24. The number of amides is 1. The van der Waals surface area contributed by atoms with Crippen LogP contribution in [0.15, 0.2) is 23.2 Å². The fourth-order valence-electron chi connectivity index (χ4n) is 4.21. The zero-order valence-corrected chi connectivity index (χ0v) is 17.5. The van der Waals surface area contributed by atoms with Crippen LogP contribution in [-0.4, -0.2) is 50.7 Å². The van der Waals surface area contributed by atoms with Crippen LogP contribution in [0, 0.1) is 21.8 Å². The fourth-order valence-corrected chi connectivity index (χ4v) is 5.74. The Morgan fingerprint density at radius 3 is 2.72 bits per heavy atom. The summed E-state index contributed by atoms with van der Waals surface area (Å²) in [5.74, 6) is -0.349. The number of nitro groups is 1. The Hall–Kier alpha value is -2.20. The predicted molar refractivity (Wildman–Crippen MR) is 108 cm³/mol. The van der Waals surface area contributed by atoms with Gasteiger partial charge in [0.25, 0.3) is 5.69 Å². The summed E-state index contributed by atoms with van der Waals surface area (Å²) in [5, 5.41) is 21.3. The molecule has 8 nitrogen and oxygen atoms in total. The maximum atomic E-state index is 14.9. The quantitative estimate of drug-likeness (QED) is 0.574. The number of fused-ring (bicyclic) bond motifs is 1. The topological polar surface area (TPSA) is 105 Å². The first-order valence-electron chi connectivity index (χ1n) is 9.24. The van der Waals surface area contributed by atoms with Crippen LogP contribution < -0.4 is 0 Å². The number of halogens is 1. The maximum absolute atomic E-state index is 14.9. The summed E-state index contributed by atoms with van der Waals surface area (Å²) in [6.45, 7) is 5.26. The van der Waals surface area contributed by atoms with Gasteiger partial charge in [-0.05, 0) is 39.7 Å². The number of thioether (sulfide) groups is 1. The lowest BCUT2D eigenvalue weighted by atomic mass is 9.80. The number of non-ortho nitro benzene ring substituents is 1. The number of ether oxygens (including phenoxy) is 1. The molecule has 0 radical (unpaired) electrons. The van der Waals surface area contributed by atoms with E-state index < -0.39 is 27.9 Å². The monoisotopic (exact) mass is 425 g/mol. The molecule has 0 spiro atoms. The number of benzene rings is 1. The molecule has 1 saturated carbocycles. The van der Waals surface area contributed by atoms with Gasteiger partial charge in [-0.25, -0.2) is 14.2 Å². The second-order valence-corrected chi connectivity index (χ2v) is 9.25. The molecule has 1 aromatic carbocycles. The van der Waals surface area contributed by atoms with E-state index in [1.165, 1.54) is 22.7 Å². The summed E-state index contributed by atoms with van der Waals surface area (Å²) in [7, 11) is 1.58. The van der Waals surface area contributed by atoms with Crippen molar-refractivity contribution >= 4 is 28.7 Å². The highest BCUT2D eigenvalue weighted by Crippen LogP contribution is 2.53. The summed E-state index contributed by atoms with van der Waals surface area (Å²) in [5.41, 5.74) is -1.98. The van der Waals surface area contributed by atoms with Crippen LogP contribution in [0.3, 0.4) is 0 Å². The van der Waals surface area contributed by atoms with Gasteiger partial charge in [-0.15, -0.1) is 0 Å². The number of hydrogen-bond acceptors (Lipinski definition) is 6. The Labute approximate surface area is 172 Å². The number of hydrogen-bond donors (Lipinski definition) is 1. The molecule has 3 rings (SSSR count). The van der Waals surface area contributed by atoms with Crippen molar-refractivity contribution in [2.75, 3.05) is 12.9 Å². The molecule has 1 aliphatic heterocycles. The Bertz CT molecular complexity index is 872. The lowest BCUT2D eigenvalue weighted by Crippen LogP contribution is -2.51. The van der Waals surface area contributed by atoms with Crippen LogP contribution in [-0.2, 0) is 10.3 Å². The second kappa shape index (κ2) is 7.56. The standard InChI is InChI=1S/C19H24FN3O5S/c1-18(2,3)22(17(24)25)16-21-19(8-7-15(28-4)13(19)10-29-16)12-9-11(23(26)27)5-6-14(12)20/h5-6,9,13,15H,7-8,10H2,1-4H3,(H,24,25)/t13-,15-,19+/m1/s1. The lowest BCUT2D eigenvalue weighted by molar-refractivity contribution is -0.385. The van der Waals surface area contributed by atoms with Crippen molar-refractivity contribution in [3.63, 3.8) is 0 Å². The third-order valence-electron chi connectivity index (χ3n) is 5.54. The van der Waals surface area contributed by atoms with Gasteiger partial charge in [0.05, 0.1) is 16.6 Å². The molecule has 0 aromatic heterocycles. The molecule has 1 N–H and O–H groups in total. The van der Waals surface area contributed by atoms with Crippen molar-refractivity contribution in [2.24, 2.45) is 10.9 Å². The van der Waals surface area contributed by atoms with Gasteiger partial charge in [-0.2, -0.15) is 0 Å². The van der Waals surface area contributed by atoms with Crippen LogP contribution >= 0.6 is 11.8 Å². The maximum Gasteiger partial charge on any atom is 0.413 e. The van der Waals surface area contributed by atoms with Crippen molar-refractivity contribution in [2.45, 2.75) is 50.8 Å². The highest BCUT2D eigenvalue weighted by molar-refractivity contribution is 8.13. The van der Waals surface area contributed by atoms with Crippen LogP contribution in [0.1, 0.15) is 39.2 Å². The molecule has 0 bridgehead atoms. The number of nitro benzene ring substituents is 1.